The second kappa shape index (κ2) is 10.7. The molecule has 180 valence electrons. The summed E-state index contributed by atoms with van der Waals surface area (Å²) in [5.74, 6) is -1.52. The molecule has 7 nitrogen and oxygen atoms in total. The van der Waals surface area contributed by atoms with Crippen molar-refractivity contribution in [3.8, 4) is 11.1 Å². The maximum Gasteiger partial charge on any atom is 0.407 e. The number of carboxylic acids is 1. The summed E-state index contributed by atoms with van der Waals surface area (Å²) in [6, 6.07) is 16.0. The molecule has 0 spiro atoms. The van der Waals surface area contributed by atoms with Gasteiger partial charge in [-0.25, -0.2) is 4.79 Å². The van der Waals surface area contributed by atoms with Crippen LogP contribution in [0.1, 0.15) is 56.1 Å². The van der Waals surface area contributed by atoms with Crippen LogP contribution in [0.2, 0.25) is 0 Å². The summed E-state index contributed by atoms with van der Waals surface area (Å²) in [4.78, 5) is 38.3. The molecule has 2 atom stereocenters. The van der Waals surface area contributed by atoms with Gasteiger partial charge in [0.15, 0.2) is 0 Å². The van der Waals surface area contributed by atoms with Crippen molar-refractivity contribution in [1.82, 2.24) is 10.2 Å². The van der Waals surface area contributed by atoms with E-state index >= 15 is 0 Å². The Labute approximate surface area is 200 Å². The average Bonchev–Trinajstić information content (AvgIpc) is 3.45. The molecular formula is C27H32N2O5. The number of benzene rings is 2. The summed E-state index contributed by atoms with van der Waals surface area (Å²) < 4.78 is 5.65. The Hall–Kier alpha value is -3.35. The second-order valence-electron chi connectivity index (χ2n) is 9.18. The first-order valence-electron chi connectivity index (χ1n) is 12.1. The lowest BCUT2D eigenvalue weighted by Gasteiger charge is -2.22. The van der Waals surface area contributed by atoms with Crippen LogP contribution in [0.25, 0.3) is 11.1 Å². The highest BCUT2D eigenvalue weighted by Gasteiger charge is 2.32. The van der Waals surface area contributed by atoms with Gasteiger partial charge in [0.25, 0.3) is 0 Å². The minimum atomic E-state index is -0.866. The molecule has 7 heteroatoms. The number of hydrogen-bond acceptors (Lipinski definition) is 4. The van der Waals surface area contributed by atoms with Gasteiger partial charge in [-0.05, 0) is 35.1 Å². The van der Waals surface area contributed by atoms with Gasteiger partial charge in [-0.1, -0.05) is 68.3 Å². The lowest BCUT2D eigenvalue weighted by atomic mass is 9.98. The Bertz CT molecular complexity index is 1010. The predicted molar refractivity (Wildman–Crippen MR) is 128 cm³/mol. The molecule has 1 aliphatic heterocycles. The van der Waals surface area contributed by atoms with E-state index in [1.54, 1.807) is 4.90 Å². The number of carboxylic acid groups (broad SMARTS) is 1. The normalized spacial score (nSPS) is 17.7. The number of aliphatic carboxylic acids is 1. The number of amides is 2. The lowest BCUT2D eigenvalue weighted by Crippen LogP contribution is -2.41. The Balaban J connectivity index is 1.35. The van der Waals surface area contributed by atoms with E-state index in [1.807, 2.05) is 24.3 Å². The van der Waals surface area contributed by atoms with Crippen molar-refractivity contribution < 1.29 is 24.2 Å². The molecule has 1 unspecified atom stereocenters. The van der Waals surface area contributed by atoms with E-state index < -0.39 is 18.0 Å². The number of unbranched alkanes of at least 4 members (excludes halogenated alkanes) is 1. The number of carbonyl (C=O) groups is 3. The largest absolute Gasteiger partial charge is 0.481 e. The Kier molecular flexibility index (Phi) is 7.50. The summed E-state index contributed by atoms with van der Waals surface area (Å²) in [6.45, 7) is 2.96. The number of nitrogens with zero attached hydrogens (tertiary/aromatic N) is 1. The topological polar surface area (TPSA) is 95.9 Å². The van der Waals surface area contributed by atoms with E-state index in [1.165, 1.54) is 11.1 Å². The molecule has 2 N–H and O–H groups in total. The number of fused-ring (bicyclic) bond motifs is 3. The maximum atomic E-state index is 12.8. The fraction of sp³-hybridized carbons (Fsp3) is 0.444. The molecule has 1 saturated heterocycles. The van der Waals surface area contributed by atoms with E-state index in [0.29, 0.717) is 19.4 Å². The highest BCUT2D eigenvalue weighted by atomic mass is 16.5. The van der Waals surface area contributed by atoms with Gasteiger partial charge in [-0.2, -0.15) is 0 Å². The highest BCUT2D eigenvalue weighted by molar-refractivity contribution is 5.80. The van der Waals surface area contributed by atoms with E-state index in [0.717, 1.165) is 24.0 Å². The Morgan fingerprint density at radius 2 is 1.74 bits per heavy atom. The number of likely N-dealkylation sites (tertiary alicyclic amines) is 1. The van der Waals surface area contributed by atoms with Crippen molar-refractivity contribution in [2.75, 3.05) is 19.7 Å². The van der Waals surface area contributed by atoms with E-state index in [-0.39, 0.29) is 37.4 Å². The van der Waals surface area contributed by atoms with Gasteiger partial charge < -0.3 is 20.1 Å². The van der Waals surface area contributed by atoms with Crippen molar-refractivity contribution in [3.63, 3.8) is 0 Å². The third kappa shape index (κ3) is 5.24. The standard InChI is InChI=1S/C27H32N2O5/c1-2-3-8-19(15-25(30)29-14-13-18(16-29)26(31)32)28-27(33)34-17-24-22-11-6-4-9-20(22)21-10-5-7-12-23(21)24/h4-7,9-12,18-19,24H,2-3,8,13-17H2,1H3,(H,28,33)(H,31,32)/t18?,19-/m0/s1. The lowest BCUT2D eigenvalue weighted by molar-refractivity contribution is -0.141. The van der Waals surface area contributed by atoms with Crippen LogP contribution in [-0.2, 0) is 14.3 Å². The van der Waals surface area contributed by atoms with Crippen LogP contribution in [0.15, 0.2) is 48.5 Å². The number of carbonyl (C=O) groups excluding carboxylic acids is 2. The second-order valence-corrected chi connectivity index (χ2v) is 9.18. The number of hydrogen-bond donors (Lipinski definition) is 2. The molecular weight excluding hydrogens is 432 g/mol. The molecule has 1 aliphatic carbocycles. The number of nitrogens with one attached hydrogen (secondary N) is 1. The molecule has 2 aromatic carbocycles. The molecule has 0 aromatic heterocycles. The minimum absolute atomic E-state index is 0.0218. The van der Waals surface area contributed by atoms with Crippen molar-refractivity contribution in [1.29, 1.82) is 0 Å². The average molecular weight is 465 g/mol. The van der Waals surface area contributed by atoms with Crippen molar-refractivity contribution in [3.05, 3.63) is 59.7 Å². The summed E-state index contributed by atoms with van der Waals surface area (Å²) in [6.07, 6.45) is 2.58. The van der Waals surface area contributed by atoms with Crippen LogP contribution in [0.3, 0.4) is 0 Å². The van der Waals surface area contributed by atoms with Gasteiger partial charge >= 0.3 is 12.1 Å². The van der Waals surface area contributed by atoms with Gasteiger partial charge in [0.2, 0.25) is 5.91 Å². The van der Waals surface area contributed by atoms with Crippen LogP contribution >= 0.6 is 0 Å². The first kappa shape index (κ1) is 23.8. The Morgan fingerprint density at radius 3 is 2.32 bits per heavy atom. The van der Waals surface area contributed by atoms with Gasteiger partial charge in [-0.3, -0.25) is 9.59 Å². The zero-order chi connectivity index (χ0) is 24.1. The molecule has 1 fully saturated rings. The summed E-state index contributed by atoms with van der Waals surface area (Å²) in [5, 5.41) is 12.1. The third-order valence-corrected chi connectivity index (χ3v) is 6.88. The molecule has 0 saturated carbocycles. The molecule has 1 heterocycles. The Morgan fingerprint density at radius 1 is 1.09 bits per heavy atom. The number of alkyl carbamates (subject to hydrolysis) is 1. The van der Waals surface area contributed by atoms with Gasteiger partial charge in [0.05, 0.1) is 5.92 Å². The molecule has 0 bridgehead atoms. The van der Waals surface area contributed by atoms with Crippen LogP contribution in [0, 0.1) is 5.92 Å². The maximum absolute atomic E-state index is 12.8. The van der Waals surface area contributed by atoms with Crippen LogP contribution in [0.4, 0.5) is 4.79 Å². The quantitative estimate of drug-likeness (QED) is 0.573. The molecule has 0 radical (unpaired) electrons. The van der Waals surface area contributed by atoms with Crippen molar-refractivity contribution in [2.45, 2.75) is 51.0 Å². The van der Waals surface area contributed by atoms with Gasteiger partial charge in [-0.15, -0.1) is 0 Å². The van der Waals surface area contributed by atoms with Gasteiger partial charge in [0.1, 0.15) is 6.61 Å². The SMILES string of the molecule is CCCC[C@@H](CC(=O)N1CCC(C(=O)O)C1)NC(=O)OCC1c2ccccc2-c2ccccc21. The van der Waals surface area contributed by atoms with Crippen LogP contribution in [-0.4, -0.2) is 53.7 Å². The summed E-state index contributed by atoms with van der Waals surface area (Å²) >= 11 is 0. The van der Waals surface area contributed by atoms with Crippen molar-refractivity contribution >= 4 is 18.0 Å². The monoisotopic (exact) mass is 464 g/mol. The first-order chi connectivity index (χ1) is 16.5. The highest BCUT2D eigenvalue weighted by Crippen LogP contribution is 2.44. The minimum Gasteiger partial charge on any atom is -0.481 e. The van der Waals surface area contributed by atoms with Crippen LogP contribution < -0.4 is 5.32 Å². The fourth-order valence-electron chi connectivity index (χ4n) is 5.01. The van der Waals surface area contributed by atoms with Crippen LogP contribution in [0.5, 0.6) is 0 Å². The molecule has 34 heavy (non-hydrogen) atoms. The van der Waals surface area contributed by atoms with E-state index in [2.05, 4.69) is 36.5 Å². The van der Waals surface area contributed by atoms with E-state index in [9.17, 15) is 19.5 Å². The predicted octanol–water partition coefficient (Wildman–Crippen LogP) is 4.41. The van der Waals surface area contributed by atoms with Gasteiger partial charge in [0, 0.05) is 31.5 Å². The molecule has 2 amide bonds. The zero-order valence-electron chi connectivity index (χ0n) is 19.5. The number of ether oxygens (including phenoxy) is 1. The molecule has 4 rings (SSSR count). The summed E-state index contributed by atoms with van der Waals surface area (Å²) in [7, 11) is 0. The van der Waals surface area contributed by atoms with E-state index in [4.69, 9.17) is 4.74 Å². The molecule has 2 aliphatic rings. The number of rotatable bonds is 9. The van der Waals surface area contributed by atoms with Crippen molar-refractivity contribution in [2.24, 2.45) is 5.92 Å². The zero-order valence-corrected chi connectivity index (χ0v) is 19.5. The fourth-order valence-corrected chi connectivity index (χ4v) is 5.01. The molecule has 2 aromatic rings. The summed E-state index contributed by atoms with van der Waals surface area (Å²) in [5.41, 5.74) is 4.64. The smallest absolute Gasteiger partial charge is 0.407 e. The third-order valence-electron chi connectivity index (χ3n) is 6.88. The first-order valence-corrected chi connectivity index (χ1v) is 12.1.